The van der Waals surface area contributed by atoms with Crippen molar-refractivity contribution in [2.75, 3.05) is 119 Å². The standard InChI is InChI=1S/C56H100N8O27/c1-33(68)61-44-50(79)47(76)36(27-65)89-53(44)86-22-8-17-58-40(72)13-6-21-83-30-56(64-43(75)12-5-11-39(71)57-16-7-20-82-4,31-84-25-14-41(73)59-18-9-23-87-54-45(62-34(2)69)51(80)48(77)37(28-66)90-54)32-85-26-15-42(74)60-19-10-24-88-55-46(63-35(3)70)52(81)49(78)38(29-67)91-55/h36-38,44-55,65-67,76-81H,5-32H2,1-4H3,(H,57,71)(H,58,72)(H,59,73)(H,60,74)(H,61,68)(H,62,69)(H,63,70)(H,64,75)/t36?,37?,38?,44-,45-,46-,47-,48-,49-,50?,51?,52?,53+,54+,55+,56?/m0/s1. The number of aliphatic hydroxyl groups excluding tert-OH is 9. The van der Waals surface area contributed by atoms with Gasteiger partial charge in [0.25, 0.3) is 0 Å². The number of aliphatic hydroxyl groups is 9. The lowest BCUT2D eigenvalue weighted by Gasteiger charge is -2.42. The van der Waals surface area contributed by atoms with Gasteiger partial charge in [0.2, 0.25) is 47.3 Å². The molecule has 8 amide bonds. The molecule has 0 aromatic carbocycles. The zero-order valence-electron chi connectivity index (χ0n) is 52.3. The summed E-state index contributed by atoms with van der Waals surface area (Å²) in [5, 5.41) is 113. The summed E-state index contributed by atoms with van der Waals surface area (Å²) in [5.74, 6) is -3.60. The second-order valence-corrected chi connectivity index (χ2v) is 22.2. The molecular weight excluding hydrogens is 1220 g/mol. The summed E-state index contributed by atoms with van der Waals surface area (Å²) in [4.78, 5) is 100. The van der Waals surface area contributed by atoms with E-state index in [0.29, 0.717) is 19.6 Å². The first-order valence-electron chi connectivity index (χ1n) is 30.6. The smallest absolute Gasteiger partial charge is 0.222 e. The van der Waals surface area contributed by atoms with E-state index in [1.807, 2.05) is 0 Å². The molecule has 35 nitrogen and oxygen atoms in total. The predicted octanol–water partition coefficient (Wildman–Crippen LogP) is -7.83. The zero-order chi connectivity index (χ0) is 67.3. The number of ether oxygens (including phenoxy) is 10. The van der Waals surface area contributed by atoms with Crippen LogP contribution in [0.1, 0.15) is 91.4 Å². The van der Waals surface area contributed by atoms with Gasteiger partial charge in [-0.25, -0.2) is 0 Å². The molecule has 0 saturated carbocycles. The quantitative estimate of drug-likeness (QED) is 0.0252. The Kier molecular flexibility index (Phi) is 39.3. The number of hydrogen-bond acceptors (Lipinski definition) is 27. The molecule has 3 aliphatic heterocycles. The van der Waals surface area contributed by atoms with Gasteiger partial charge in [-0.1, -0.05) is 0 Å². The van der Waals surface area contributed by atoms with E-state index >= 15 is 0 Å². The van der Waals surface area contributed by atoms with Gasteiger partial charge >= 0.3 is 0 Å². The molecular formula is C56H100N8O27. The van der Waals surface area contributed by atoms with Crippen molar-refractivity contribution >= 4 is 47.3 Å². The molecule has 0 radical (unpaired) electrons. The summed E-state index contributed by atoms with van der Waals surface area (Å²) in [6.07, 6.45) is -15.0. The van der Waals surface area contributed by atoms with Crippen LogP contribution in [0.25, 0.3) is 0 Å². The lowest BCUT2D eigenvalue weighted by molar-refractivity contribution is -0.270. The van der Waals surface area contributed by atoms with Crippen molar-refractivity contribution in [2.45, 2.75) is 189 Å². The molecule has 17 N–H and O–H groups in total. The third-order valence-electron chi connectivity index (χ3n) is 14.4. The highest BCUT2D eigenvalue weighted by molar-refractivity contribution is 5.80. The molecule has 15 atom stereocenters. The van der Waals surface area contributed by atoms with Crippen LogP contribution in [-0.4, -0.2) is 310 Å². The van der Waals surface area contributed by atoms with Gasteiger partial charge in [0.1, 0.15) is 78.6 Å². The maximum atomic E-state index is 13.7. The predicted molar refractivity (Wildman–Crippen MR) is 312 cm³/mol. The normalized spacial score (nSPS) is 27.2. The number of amides is 8. The number of nitrogens with one attached hydrogen (secondary N) is 8. The summed E-state index contributed by atoms with van der Waals surface area (Å²) < 4.78 is 56.9. The second kappa shape index (κ2) is 44.6. The Morgan fingerprint density at radius 3 is 1.02 bits per heavy atom. The third-order valence-corrected chi connectivity index (χ3v) is 14.4. The first kappa shape index (κ1) is 80.2. The summed E-state index contributed by atoms with van der Waals surface area (Å²) >= 11 is 0. The van der Waals surface area contributed by atoms with Crippen LogP contribution in [-0.2, 0) is 85.7 Å². The number of carbonyl (C=O) groups excluding carboxylic acids is 8. The Hall–Kier alpha value is -5.00. The van der Waals surface area contributed by atoms with Crippen LogP contribution in [0.15, 0.2) is 0 Å². The van der Waals surface area contributed by atoms with E-state index in [1.165, 1.54) is 27.9 Å². The number of hydrogen-bond donors (Lipinski definition) is 17. The van der Waals surface area contributed by atoms with Gasteiger partial charge in [0.15, 0.2) is 18.9 Å². The number of rotatable bonds is 46. The Morgan fingerprint density at radius 1 is 0.385 bits per heavy atom. The summed E-state index contributed by atoms with van der Waals surface area (Å²) in [5.41, 5.74) is -1.49. The van der Waals surface area contributed by atoms with Gasteiger partial charge in [-0.15, -0.1) is 0 Å². The molecule has 0 bridgehead atoms. The SMILES string of the molecule is COCCCNC(=O)CCCC(=O)NC(COCCCC(=O)NCCCO[C@@H]1OC(CO)[C@H](O)C(O)[C@@H]1NC(C)=O)(COCCC(=O)NCCCO[C@@H]1OC(CO)[C@H](O)C(O)[C@@H]1NC(C)=O)COCCC(=O)NCCCO[C@@H]1OC(CO)[C@H](O)C(O)[C@@H]1NC(C)=O. The van der Waals surface area contributed by atoms with Crippen molar-refractivity contribution in [3.63, 3.8) is 0 Å². The fraction of sp³-hybridized carbons (Fsp3) is 0.857. The van der Waals surface area contributed by atoms with E-state index in [-0.39, 0.29) is 155 Å². The summed E-state index contributed by atoms with van der Waals surface area (Å²) in [6, 6.07) is -3.44. The highest BCUT2D eigenvalue weighted by Gasteiger charge is 2.48. The first-order valence-corrected chi connectivity index (χ1v) is 30.6. The molecule has 35 heteroatoms. The Balaban J connectivity index is 1.64. The van der Waals surface area contributed by atoms with Crippen molar-refractivity contribution < 1.29 is 132 Å². The topological polar surface area (TPSA) is 507 Å². The molecule has 3 fully saturated rings. The molecule has 3 saturated heterocycles. The van der Waals surface area contributed by atoms with Gasteiger partial charge in [0, 0.05) is 99.4 Å². The molecule has 3 heterocycles. The maximum Gasteiger partial charge on any atom is 0.222 e. The van der Waals surface area contributed by atoms with Crippen LogP contribution in [0.3, 0.4) is 0 Å². The minimum Gasteiger partial charge on any atom is -0.394 e. The van der Waals surface area contributed by atoms with E-state index in [4.69, 9.17) is 47.4 Å². The maximum absolute atomic E-state index is 13.7. The molecule has 0 spiro atoms. The molecule has 526 valence electrons. The van der Waals surface area contributed by atoms with E-state index in [9.17, 15) is 84.3 Å². The van der Waals surface area contributed by atoms with Gasteiger partial charge < -0.3 is 136 Å². The highest BCUT2D eigenvalue weighted by Crippen LogP contribution is 2.25. The highest BCUT2D eigenvalue weighted by atomic mass is 16.7. The minimum atomic E-state index is -1.51. The van der Waals surface area contributed by atoms with E-state index in [1.54, 1.807) is 0 Å². The van der Waals surface area contributed by atoms with Crippen LogP contribution < -0.4 is 42.5 Å². The van der Waals surface area contributed by atoms with E-state index in [2.05, 4.69) is 42.5 Å². The summed E-state index contributed by atoms with van der Waals surface area (Å²) in [6.45, 7) is 1.57. The van der Waals surface area contributed by atoms with Gasteiger partial charge in [-0.3, -0.25) is 38.4 Å². The number of methoxy groups -OCH3 is 1. The fourth-order valence-corrected chi connectivity index (χ4v) is 9.60. The zero-order valence-corrected chi connectivity index (χ0v) is 52.3. The Bertz CT molecular complexity index is 2080. The van der Waals surface area contributed by atoms with Crippen molar-refractivity contribution in [3.05, 3.63) is 0 Å². The van der Waals surface area contributed by atoms with Crippen LogP contribution in [0.2, 0.25) is 0 Å². The largest absolute Gasteiger partial charge is 0.394 e. The second-order valence-electron chi connectivity index (χ2n) is 22.2. The molecule has 0 aliphatic carbocycles. The average Bonchev–Trinajstić information content (AvgIpc) is 0.897. The molecule has 0 aromatic rings. The number of carbonyl (C=O) groups is 8. The Morgan fingerprint density at radius 2 is 0.692 bits per heavy atom. The molecule has 6 unspecified atom stereocenters. The lowest BCUT2D eigenvalue weighted by atomic mass is 9.97. The van der Waals surface area contributed by atoms with Crippen molar-refractivity contribution in [1.82, 2.24) is 42.5 Å². The first-order chi connectivity index (χ1) is 43.5. The van der Waals surface area contributed by atoms with Gasteiger partial charge in [0.05, 0.1) is 72.7 Å². The van der Waals surface area contributed by atoms with Crippen molar-refractivity contribution in [3.8, 4) is 0 Å². The molecule has 3 aliphatic rings. The van der Waals surface area contributed by atoms with Crippen LogP contribution in [0.4, 0.5) is 0 Å². The Labute approximate surface area is 528 Å². The lowest BCUT2D eigenvalue weighted by Crippen LogP contribution is -2.64. The van der Waals surface area contributed by atoms with Crippen molar-refractivity contribution in [2.24, 2.45) is 0 Å². The van der Waals surface area contributed by atoms with Crippen LogP contribution >= 0.6 is 0 Å². The molecule has 3 rings (SSSR count). The van der Waals surface area contributed by atoms with Gasteiger partial charge in [-0.05, 0) is 38.5 Å². The minimum absolute atomic E-state index is 0.00535. The van der Waals surface area contributed by atoms with Crippen molar-refractivity contribution in [1.29, 1.82) is 0 Å². The average molecular weight is 1320 g/mol. The van der Waals surface area contributed by atoms with E-state index < -0.39 is 153 Å². The van der Waals surface area contributed by atoms with E-state index in [0.717, 1.165) is 0 Å². The molecule has 0 aromatic heterocycles. The van der Waals surface area contributed by atoms with Gasteiger partial charge in [-0.2, -0.15) is 0 Å². The third kappa shape index (κ3) is 30.3. The van der Waals surface area contributed by atoms with Crippen LogP contribution in [0.5, 0.6) is 0 Å². The fourth-order valence-electron chi connectivity index (χ4n) is 9.60. The monoisotopic (exact) mass is 1320 g/mol. The molecule has 91 heavy (non-hydrogen) atoms. The summed E-state index contributed by atoms with van der Waals surface area (Å²) in [7, 11) is 1.54. The van der Waals surface area contributed by atoms with Crippen LogP contribution in [0, 0.1) is 0 Å².